The fraction of sp³-hybridized carbons (Fsp3) is 0.100. The standard InChI is InChI=1S/C20H12ClF3N4O/c21-14-8-17-16(7-13(14)20(22,23)24)27-15(9-19(29)28-17)11-2-1-3-12(6-11)18-10-25-4-5-26-18/h1-8,10H,9H2,(H,28,29). The number of hydrogen-bond donors (Lipinski definition) is 1. The third kappa shape index (κ3) is 3.97. The molecule has 9 heteroatoms. The van der Waals surface area contributed by atoms with Crippen molar-refractivity contribution in [3.05, 3.63) is 71.1 Å². The fourth-order valence-corrected chi connectivity index (χ4v) is 3.25. The van der Waals surface area contributed by atoms with Gasteiger partial charge >= 0.3 is 6.18 Å². The molecule has 29 heavy (non-hydrogen) atoms. The van der Waals surface area contributed by atoms with E-state index in [1.807, 2.05) is 6.07 Å². The zero-order chi connectivity index (χ0) is 20.6. The van der Waals surface area contributed by atoms with Gasteiger partial charge in [0.2, 0.25) is 5.91 Å². The van der Waals surface area contributed by atoms with E-state index >= 15 is 0 Å². The molecule has 2 heterocycles. The molecule has 2 aromatic carbocycles. The Morgan fingerprint density at radius 3 is 2.59 bits per heavy atom. The van der Waals surface area contributed by atoms with Crippen molar-refractivity contribution in [2.24, 2.45) is 4.99 Å². The van der Waals surface area contributed by atoms with Crippen LogP contribution in [0.4, 0.5) is 24.5 Å². The van der Waals surface area contributed by atoms with Gasteiger partial charge in [0.1, 0.15) is 0 Å². The minimum Gasteiger partial charge on any atom is -0.324 e. The predicted octanol–water partition coefficient (Wildman–Crippen LogP) is 5.28. The molecule has 0 radical (unpaired) electrons. The molecule has 3 aromatic rings. The van der Waals surface area contributed by atoms with Crippen LogP contribution in [0.2, 0.25) is 5.02 Å². The first kappa shape index (κ1) is 19.1. The van der Waals surface area contributed by atoms with Gasteiger partial charge in [0, 0.05) is 18.0 Å². The Bertz CT molecular complexity index is 1130. The first-order valence-corrected chi connectivity index (χ1v) is 8.84. The maximum atomic E-state index is 13.2. The number of nitrogens with zero attached hydrogens (tertiary/aromatic N) is 3. The third-order valence-corrected chi connectivity index (χ3v) is 4.62. The number of carbonyl (C=O) groups excluding carboxylic acids is 1. The Morgan fingerprint density at radius 2 is 1.86 bits per heavy atom. The number of halogens is 4. The van der Waals surface area contributed by atoms with E-state index in [4.69, 9.17) is 11.6 Å². The number of hydrogen-bond acceptors (Lipinski definition) is 4. The Morgan fingerprint density at radius 1 is 1.07 bits per heavy atom. The summed E-state index contributed by atoms with van der Waals surface area (Å²) in [5.41, 5.74) is 1.42. The smallest absolute Gasteiger partial charge is 0.324 e. The topological polar surface area (TPSA) is 67.2 Å². The number of amides is 1. The highest BCUT2D eigenvalue weighted by Crippen LogP contribution is 2.41. The number of aliphatic imine (C=N–C) groups is 1. The summed E-state index contributed by atoms with van der Waals surface area (Å²) in [6.07, 6.45) is -0.0418. The molecule has 0 unspecified atom stereocenters. The Balaban J connectivity index is 1.82. The van der Waals surface area contributed by atoms with Crippen LogP contribution in [0, 0.1) is 0 Å². The Labute approximate surface area is 168 Å². The van der Waals surface area contributed by atoms with Gasteiger partial charge in [-0.05, 0) is 23.8 Å². The molecule has 1 amide bonds. The Kier molecular flexibility index (Phi) is 4.79. The highest BCUT2D eigenvalue weighted by molar-refractivity contribution is 6.32. The van der Waals surface area contributed by atoms with Crippen molar-refractivity contribution in [2.45, 2.75) is 12.6 Å². The number of fused-ring (bicyclic) bond motifs is 1. The second kappa shape index (κ2) is 7.29. The minimum absolute atomic E-state index is 0.00696. The molecule has 0 spiro atoms. The van der Waals surface area contributed by atoms with E-state index in [9.17, 15) is 18.0 Å². The van der Waals surface area contributed by atoms with Crippen molar-refractivity contribution in [2.75, 3.05) is 5.32 Å². The van der Waals surface area contributed by atoms with Crippen molar-refractivity contribution < 1.29 is 18.0 Å². The second-order valence-electron chi connectivity index (χ2n) is 6.30. The highest BCUT2D eigenvalue weighted by Gasteiger charge is 2.34. The van der Waals surface area contributed by atoms with Gasteiger partial charge < -0.3 is 5.32 Å². The van der Waals surface area contributed by atoms with Crippen LogP contribution in [0.1, 0.15) is 17.5 Å². The maximum absolute atomic E-state index is 13.2. The fourth-order valence-electron chi connectivity index (χ4n) is 2.98. The molecule has 1 aromatic heterocycles. The molecular weight excluding hydrogens is 405 g/mol. The Hall–Kier alpha value is -3.26. The molecule has 0 saturated carbocycles. The van der Waals surface area contributed by atoms with Gasteiger partial charge in [0.25, 0.3) is 0 Å². The van der Waals surface area contributed by atoms with Gasteiger partial charge in [-0.3, -0.25) is 19.8 Å². The normalized spacial score (nSPS) is 13.9. The van der Waals surface area contributed by atoms with E-state index in [0.29, 0.717) is 17.0 Å². The van der Waals surface area contributed by atoms with Gasteiger partial charge in [-0.15, -0.1) is 0 Å². The average Bonchev–Trinajstić information content (AvgIpc) is 2.85. The van der Waals surface area contributed by atoms with Crippen LogP contribution in [-0.2, 0) is 11.0 Å². The van der Waals surface area contributed by atoms with Gasteiger partial charge in [-0.25, -0.2) is 0 Å². The van der Waals surface area contributed by atoms with Crippen molar-refractivity contribution in [1.29, 1.82) is 0 Å². The molecule has 5 nitrogen and oxygen atoms in total. The summed E-state index contributed by atoms with van der Waals surface area (Å²) in [4.78, 5) is 24.9. The summed E-state index contributed by atoms with van der Waals surface area (Å²) in [5.74, 6) is -0.400. The lowest BCUT2D eigenvalue weighted by Crippen LogP contribution is -2.15. The number of anilines is 1. The zero-order valence-electron chi connectivity index (χ0n) is 14.7. The molecule has 0 atom stereocenters. The van der Waals surface area contributed by atoms with Crippen LogP contribution < -0.4 is 5.32 Å². The molecular formula is C20H12ClF3N4O. The minimum atomic E-state index is -4.63. The molecule has 4 rings (SSSR count). The molecule has 0 fully saturated rings. The first-order chi connectivity index (χ1) is 13.8. The van der Waals surface area contributed by atoms with Gasteiger partial charge in [-0.2, -0.15) is 13.2 Å². The van der Waals surface area contributed by atoms with E-state index < -0.39 is 22.7 Å². The highest BCUT2D eigenvalue weighted by atomic mass is 35.5. The van der Waals surface area contributed by atoms with Crippen molar-refractivity contribution in [3.63, 3.8) is 0 Å². The van der Waals surface area contributed by atoms with E-state index in [0.717, 1.165) is 17.7 Å². The number of aromatic nitrogens is 2. The average molecular weight is 417 g/mol. The lowest BCUT2D eigenvalue weighted by atomic mass is 10.0. The molecule has 1 aliphatic heterocycles. The van der Waals surface area contributed by atoms with Gasteiger partial charge in [-0.1, -0.05) is 29.8 Å². The second-order valence-corrected chi connectivity index (χ2v) is 6.71. The summed E-state index contributed by atoms with van der Waals surface area (Å²) in [7, 11) is 0. The van der Waals surface area contributed by atoms with Crippen LogP contribution in [0.5, 0.6) is 0 Å². The lowest BCUT2D eigenvalue weighted by Gasteiger charge is -2.12. The summed E-state index contributed by atoms with van der Waals surface area (Å²) in [6.45, 7) is 0. The SMILES string of the molecule is O=C1CC(c2cccc(-c3cnccn3)c2)=Nc2cc(C(F)(F)F)c(Cl)cc2N1. The van der Waals surface area contributed by atoms with E-state index in [1.54, 1.807) is 36.8 Å². The first-order valence-electron chi connectivity index (χ1n) is 8.46. The van der Waals surface area contributed by atoms with E-state index in [-0.39, 0.29) is 17.8 Å². The quantitative estimate of drug-likeness (QED) is 0.618. The molecule has 1 aliphatic rings. The van der Waals surface area contributed by atoms with Crippen molar-refractivity contribution >= 4 is 34.6 Å². The summed E-state index contributed by atoms with van der Waals surface area (Å²) in [6, 6.07) is 8.99. The van der Waals surface area contributed by atoms with Gasteiger partial charge in [0.05, 0.1) is 46.0 Å². The lowest BCUT2D eigenvalue weighted by molar-refractivity contribution is -0.137. The molecule has 0 bridgehead atoms. The van der Waals surface area contributed by atoms with Crippen molar-refractivity contribution in [1.82, 2.24) is 9.97 Å². The van der Waals surface area contributed by atoms with E-state index in [1.165, 1.54) is 0 Å². The molecule has 0 aliphatic carbocycles. The number of alkyl halides is 3. The molecule has 0 saturated heterocycles. The predicted molar refractivity (Wildman–Crippen MR) is 103 cm³/mol. The van der Waals surface area contributed by atoms with E-state index in [2.05, 4.69) is 20.3 Å². The van der Waals surface area contributed by atoms with Crippen LogP contribution in [0.25, 0.3) is 11.3 Å². The number of benzene rings is 2. The third-order valence-electron chi connectivity index (χ3n) is 4.30. The number of rotatable bonds is 2. The van der Waals surface area contributed by atoms with Crippen LogP contribution in [0.3, 0.4) is 0 Å². The monoisotopic (exact) mass is 416 g/mol. The van der Waals surface area contributed by atoms with Gasteiger partial charge in [0.15, 0.2) is 0 Å². The number of carbonyl (C=O) groups is 1. The number of nitrogens with one attached hydrogen (secondary N) is 1. The van der Waals surface area contributed by atoms with Crippen LogP contribution in [-0.4, -0.2) is 21.6 Å². The zero-order valence-corrected chi connectivity index (χ0v) is 15.4. The summed E-state index contributed by atoms with van der Waals surface area (Å²) < 4.78 is 39.7. The van der Waals surface area contributed by atoms with Crippen molar-refractivity contribution in [3.8, 4) is 11.3 Å². The molecule has 1 N–H and O–H groups in total. The van der Waals surface area contributed by atoms with Crippen LogP contribution in [0.15, 0.2) is 60.0 Å². The largest absolute Gasteiger partial charge is 0.417 e. The summed E-state index contributed by atoms with van der Waals surface area (Å²) in [5, 5.41) is 2.06. The maximum Gasteiger partial charge on any atom is 0.417 e. The summed E-state index contributed by atoms with van der Waals surface area (Å²) >= 11 is 5.76. The van der Waals surface area contributed by atoms with Crippen LogP contribution >= 0.6 is 11.6 Å². The molecule has 146 valence electrons.